The van der Waals surface area contributed by atoms with E-state index in [1.165, 1.54) is 18.6 Å². The third kappa shape index (κ3) is 8.37. The van der Waals surface area contributed by atoms with Gasteiger partial charge in [0.15, 0.2) is 0 Å². The first kappa shape index (κ1) is 21.8. The number of alkyl carbamates (subject to hydrolysis) is 1. The lowest BCUT2D eigenvalue weighted by molar-refractivity contribution is -0.121. The molecule has 0 unspecified atom stereocenters. The highest BCUT2D eigenvalue weighted by molar-refractivity contribution is 6.02. The van der Waals surface area contributed by atoms with Crippen molar-refractivity contribution < 1.29 is 19.1 Å². The lowest BCUT2D eigenvalue weighted by Gasteiger charge is -2.19. The highest BCUT2D eigenvalue weighted by Crippen LogP contribution is 2.12. The Labute approximate surface area is 169 Å². The predicted octanol–water partition coefficient (Wildman–Crippen LogP) is 2.26. The number of nitrogens with one attached hydrogen (secondary N) is 3. The smallest absolute Gasteiger partial charge is 0.407 e. The second-order valence-electron chi connectivity index (χ2n) is 7.20. The van der Waals surface area contributed by atoms with E-state index in [2.05, 4.69) is 25.9 Å². The first-order valence-corrected chi connectivity index (χ1v) is 9.13. The number of rotatable bonds is 7. The van der Waals surface area contributed by atoms with Crippen molar-refractivity contribution in [3.05, 3.63) is 54.1 Å². The van der Waals surface area contributed by atoms with Crippen molar-refractivity contribution in [3.8, 4) is 0 Å². The molecular weight excluding hydrogens is 374 g/mol. The summed E-state index contributed by atoms with van der Waals surface area (Å²) in [6.45, 7) is 5.77. The van der Waals surface area contributed by atoms with E-state index in [0.29, 0.717) is 12.2 Å². The van der Waals surface area contributed by atoms with Crippen molar-refractivity contribution in [1.29, 1.82) is 0 Å². The topological polar surface area (TPSA) is 122 Å². The van der Waals surface area contributed by atoms with Gasteiger partial charge in [-0.3, -0.25) is 14.6 Å². The maximum absolute atomic E-state index is 12.1. The molecule has 0 aliphatic heterocycles. The number of carbonyl (C=O) groups excluding carboxylic acids is 3. The highest BCUT2D eigenvalue weighted by Gasteiger charge is 2.15. The molecule has 3 amide bonds. The quantitative estimate of drug-likeness (QED) is 0.656. The fourth-order valence-corrected chi connectivity index (χ4v) is 2.25. The number of hydrogen-bond acceptors (Lipinski definition) is 6. The van der Waals surface area contributed by atoms with Crippen LogP contribution in [-0.4, -0.2) is 40.0 Å². The van der Waals surface area contributed by atoms with Crippen LogP contribution in [0.4, 0.5) is 10.5 Å². The molecule has 29 heavy (non-hydrogen) atoms. The molecule has 0 aliphatic carbocycles. The number of aromatic nitrogens is 2. The molecule has 1 aromatic heterocycles. The normalized spacial score (nSPS) is 10.7. The minimum Gasteiger partial charge on any atom is -0.444 e. The van der Waals surface area contributed by atoms with E-state index in [1.807, 2.05) is 6.07 Å². The Balaban J connectivity index is 1.76. The average molecular weight is 399 g/mol. The van der Waals surface area contributed by atoms with Crippen molar-refractivity contribution in [3.63, 3.8) is 0 Å². The second kappa shape index (κ2) is 10.2. The van der Waals surface area contributed by atoms with E-state index >= 15 is 0 Å². The standard InChI is InChI=1S/C20H25N5O4/c1-20(2,3)29-19(28)23-8-7-17(26)24-12-14-5-4-6-15(11-14)25-18(27)16-13-21-9-10-22-16/h4-6,9-11,13H,7-8,12H2,1-3H3,(H,23,28)(H,24,26)(H,25,27). The average Bonchev–Trinajstić information content (AvgIpc) is 2.66. The second-order valence-corrected chi connectivity index (χ2v) is 7.20. The summed E-state index contributed by atoms with van der Waals surface area (Å²) in [5, 5.41) is 8.04. The number of benzene rings is 1. The molecule has 2 rings (SSSR count). The van der Waals surface area contributed by atoms with Gasteiger partial charge in [-0.05, 0) is 38.5 Å². The Morgan fingerprint density at radius 3 is 2.59 bits per heavy atom. The third-order valence-corrected chi connectivity index (χ3v) is 3.49. The molecule has 0 saturated heterocycles. The van der Waals surface area contributed by atoms with Crippen molar-refractivity contribution in [2.24, 2.45) is 0 Å². The van der Waals surface area contributed by atoms with Crippen molar-refractivity contribution in [2.45, 2.75) is 39.3 Å². The highest BCUT2D eigenvalue weighted by atomic mass is 16.6. The van der Waals surface area contributed by atoms with E-state index < -0.39 is 11.7 Å². The lowest BCUT2D eigenvalue weighted by Crippen LogP contribution is -2.35. The maximum Gasteiger partial charge on any atom is 0.407 e. The van der Waals surface area contributed by atoms with Crippen LogP contribution >= 0.6 is 0 Å². The van der Waals surface area contributed by atoms with Gasteiger partial charge in [-0.15, -0.1) is 0 Å². The number of carbonyl (C=O) groups is 3. The molecule has 0 bridgehead atoms. The van der Waals surface area contributed by atoms with Gasteiger partial charge in [-0.1, -0.05) is 12.1 Å². The summed E-state index contributed by atoms with van der Waals surface area (Å²) in [5.74, 6) is -0.581. The Hall–Kier alpha value is -3.49. The Morgan fingerprint density at radius 1 is 1.10 bits per heavy atom. The van der Waals surface area contributed by atoms with Crippen LogP contribution in [0.25, 0.3) is 0 Å². The van der Waals surface area contributed by atoms with Crippen LogP contribution in [0.3, 0.4) is 0 Å². The number of anilines is 1. The van der Waals surface area contributed by atoms with Crippen molar-refractivity contribution >= 4 is 23.6 Å². The minimum absolute atomic E-state index is 0.127. The zero-order valence-electron chi connectivity index (χ0n) is 16.7. The van der Waals surface area contributed by atoms with Gasteiger partial charge in [0.2, 0.25) is 5.91 Å². The summed E-state index contributed by atoms with van der Waals surface area (Å²) >= 11 is 0. The molecule has 154 valence electrons. The summed E-state index contributed by atoms with van der Waals surface area (Å²) in [6.07, 6.45) is 3.88. The van der Waals surface area contributed by atoms with E-state index in [4.69, 9.17) is 4.74 Å². The van der Waals surface area contributed by atoms with Crippen LogP contribution in [-0.2, 0) is 16.1 Å². The molecule has 0 spiro atoms. The van der Waals surface area contributed by atoms with Crippen LogP contribution in [0.5, 0.6) is 0 Å². The van der Waals surface area contributed by atoms with Crippen molar-refractivity contribution in [2.75, 3.05) is 11.9 Å². The van der Waals surface area contributed by atoms with Gasteiger partial charge in [-0.25, -0.2) is 9.78 Å². The molecule has 0 atom stereocenters. The van der Waals surface area contributed by atoms with Crippen LogP contribution in [0, 0.1) is 0 Å². The Morgan fingerprint density at radius 2 is 1.90 bits per heavy atom. The summed E-state index contributed by atoms with van der Waals surface area (Å²) in [5.41, 5.74) is 1.03. The van der Waals surface area contributed by atoms with Crippen LogP contribution in [0.15, 0.2) is 42.9 Å². The first-order chi connectivity index (χ1) is 13.7. The van der Waals surface area contributed by atoms with Crippen molar-refractivity contribution in [1.82, 2.24) is 20.6 Å². The summed E-state index contributed by atoms with van der Waals surface area (Å²) in [6, 6.07) is 7.10. The van der Waals surface area contributed by atoms with Gasteiger partial charge in [0.1, 0.15) is 11.3 Å². The van der Waals surface area contributed by atoms with Crippen LogP contribution in [0.2, 0.25) is 0 Å². The van der Waals surface area contributed by atoms with E-state index in [-0.39, 0.29) is 30.5 Å². The van der Waals surface area contributed by atoms with Gasteiger partial charge >= 0.3 is 6.09 Å². The van der Waals surface area contributed by atoms with Gasteiger partial charge in [-0.2, -0.15) is 0 Å². The molecule has 0 radical (unpaired) electrons. The Kier molecular flexibility index (Phi) is 7.64. The van der Waals surface area contributed by atoms with Gasteiger partial charge in [0.25, 0.3) is 5.91 Å². The Bertz CT molecular complexity index is 849. The van der Waals surface area contributed by atoms with Crippen LogP contribution in [0.1, 0.15) is 43.2 Å². The number of hydrogen-bond donors (Lipinski definition) is 3. The summed E-state index contributed by atoms with van der Waals surface area (Å²) in [4.78, 5) is 43.4. The third-order valence-electron chi connectivity index (χ3n) is 3.49. The van der Waals surface area contributed by atoms with Gasteiger partial charge in [0, 0.05) is 37.6 Å². The largest absolute Gasteiger partial charge is 0.444 e. The molecule has 9 nitrogen and oxygen atoms in total. The molecule has 3 N–H and O–H groups in total. The molecule has 1 heterocycles. The number of amides is 3. The van der Waals surface area contributed by atoms with E-state index in [9.17, 15) is 14.4 Å². The van der Waals surface area contributed by atoms with Gasteiger partial charge < -0.3 is 20.7 Å². The number of ether oxygens (including phenoxy) is 1. The lowest BCUT2D eigenvalue weighted by atomic mass is 10.2. The fourth-order valence-electron chi connectivity index (χ4n) is 2.25. The zero-order valence-corrected chi connectivity index (χ0v) is 16.7. The molecule has 1 aromatic carbocycles. The maximum atomic E-state index is 12.1. The molecule has 9 heteroatoms. The molecule has 0 aliphatic rings. The first-order valence-electron chi connectivity index (χ1n) is 9.13. The predicted molar refractivity (Wildman–Crippen MR) is 107 cm³/mol. The fraction of sp³-hybridized carbons (Fsp3) is 0.350. The molecular formula is C20H25N5O4. The summed E-state index contributed by atoms with van der Waals surface area (Å²) in [7, 11) is 0. The van der Waals surface area contributed by atoms with Gasteiger partial charge in [0.05, 0.1) is 6.20 Å². The minimum atomic E-state index is -0.583. The number of nitrogens with zero attached hydrogens (tertiary/aromatic N) is 2. The summed E-state index contributed by atoms with van der Waals surface area (Å²) < 4.78 is 5.10. The molecule has 2 aromatic rings. The molecule has 0 saturated carbocycles. The molecule has 0 fully saturated rings. The van der Waals surface area contributed by atoms with Crippen LogP contribution < -0.4 is 16.0 Å². The SMILES string of the molecule is CC(C)(C)OC(=O)NCCC(=O)NCc1cccc(NC(=O)c2cnccn2)c1. The van der Waals surface area contributed by atoms with E-state index in [0.717, 1.165) is 5.56 Å². The van der Waals surface area contributed by atoms with E-state index in [1.54, 1.807) is 39.0 Å². The monoisotopic (exact) mass is 399 g/mol. The zero-order chi connectivity index (χ0) is 21.3.